The number of phosphoric acid groups is 1. The fourth-order valence-corrected chi connectivity index (χ4v) is 3.68. The lowest BCUT2D eigenvalue weighted by Gasteiger charge is -2.34. The lowest BCUT2D eigenvalue weighted by molar-refractivity contribution is 0.157. The molecule has 3 rings (SSSR count). The van der Waals surface area contributed by atoms with Crippen molar-refractivity contribution < 1.29 is 28.3 Å². The molecule has 1 aliphatic heterocycles. The van der Waals surface area contributed by atoms with Gasteiger partial charge in [-0.1, -0.05) is 0 Å². The van der Waals surface area contributed by atoms with Crippen LogP contribution in [0.1, 0.15) is 12.8 Å². The van der Waals surface area contributed by atoms with E-state index in [9.17, 15) is 4.57 Å². The lowest BCUT2D eigenvalue weighted by atomic mass is 9.97. The number of nitrogens with zero attached hydrogens (tertiary/aromatic N) is 2. The smallest absolute Gasteiger partial charge is 0.469 e. The number of fused-ring (bicyclic) bond motifs is 1. The van der Waals surface area contributed by atoms with Gasteiger partial charge in [0.25, 0.3) is 0 Å². The highest BCUT2D eigenvalue weighted by molar-refractivity contribution is 7.46. The molecule has 2 N–H and O–H groups in total. The Balaban J connectivity index is 1.78. The van der Waals surface area contributed by atoms with E-state index >= 15 is 0 Å². The van der Waals surface area contributed by atoms with E-state index in [0.29, 0.717) is 11.5 Å². The molecule has 0 radical (unpaired) electrons. The number of piperidine rings is 1. The minimum atomic E-state index is -4.40. The molecule has 1 aromatic carbocycles. The van der Waals surface area contributed by atoms with Gasteiger partial charge in [0.2, 0.25) is 0 Å². The topological polar surface area (TPSA) is 101 Å². The zero-order valence-electron chi connectivity index (χ0n) is 14.8. The van der Waals surface area contributed by atoms with Gasteiger partial charge in [-0.3, -0.25) is 9.51 Å². The molecule has 0 bridgehead atoms. The number of aromatic nitrogens is 1. The van der Waals surface area contributed by atoms with Gasteiger partial charge in [0, 0.05) is 36.4 Å². The number of benzene rings is 1. The highest BCUT2D eigenvalue weighted by Gasteiger charge is 2.24. The van der Waals surface area contributed by atoms with Crippen LogP contribution in [0.4, 0.5) is 5.69 Å². The molecule has 9 heteroatoms. The maximum atomic E-state index is 10.9. The Labute approximate surface area is 151 Å². The average molecular weight is 382 g/mol. The molecule has 2 heterocycles. The summed E-state index contributed by atoms with van der Waals surface area (Å²) in [7, 11) is -1.20. The lowest BCUT2D eigenvalue weighted by Crippen LogP contribution is -2.35. The Bertz CT molecular complexity index is 816. The normalized spacial score (nSPS) is 16.1. The Morgan fingerprint density at radius 3 is 2.46 bits per heavy atom. The Hall–Kier alpha value is -1.86. The van der Waals surface area contributed by atoms with Crippen molar-refractivity contribution in [1.82, 2.24) is 4.98 Å². The monoisotopic (exact) mass is 382 g/mol. The van der Waals surface area contributed by atoms with Gasteiger partial charge in [-0.15, -0.1) is 0 Å². The van der Waals surface area contributed by atoms with Crippen LogP contribution in [0, 0.1) is 5.92 Å². The van der Waals surface area contributed by atoms with Gasteiger partial charge in [-0.2, -0.15) is 0 Å². The number of phosphoric ester groups is 1. The fraction of sp³-hybridized carbons (Fsp3) is 0.471. The number of ether oxygens (including phenoxy) is 2. The Kier molecular flexibility index (Phi) is 5.67. The second-order valence-electron chi connectivity index (χ2n) is 6.27. The number of pyridine rings is 1. The van der Waals surface area contributed by atoms with Crippen LogP contribution in [0.2, 0.25) is 0 Å². The summed E-state index contributed by atoms with van der Waals surface area (Å²) < 4.78 is 26.2. The summed E-state index contributed by atoms with van der Waals surface area (Å²) in [6.07, 6.45) is 3.38. The van der Waals surface area contributed by atoms with Crippen molar-refractivity contribution in [2.24, 2.45) is 5.92 Å². The van der Waals surface area contributed by atoms with Gasteiger partial charge < -0.3 is 24.2 Å². The first-order valence-electron chi connectivity index (χ1n) is 8.37. The van der Waals surface area contributed by atoms with Crippen molar-refractivity contribution in [2.75, 3.05) is 38.8 Å². The van der Waals surface area contributed by atoms with Gasteiger partial charge in [-0.25, -0.2) is 4.57 Å². The minimum Gasteiger partial charge on any atom is -0.493 e. The largest absolute Gasteiger partial charge is 0.493 e. The predicted octanol–water partition coefficient (Wildman–Crippen LogP) is 2.58. The molecule has 1 aliphatic rings. The Morgan fingerprint density at radius 2 is 1.85 bits per heavy atom. The van der Waals surface area contributed by atoms with Crippen LogP contribution in [0.25, 0.3) is 10.9 Å². The summed E-state index contributed by atoms with van der Waals surface area (Å²) in [6, 6.07) is 5.76. The molecule has 26 heavy (non-hydrogen) atoms. The summed E-state index contributed by atoms with van der Waals surface area (Å²) in [4.78, 5) is 24.4. The SMILES string of the molecule is COc1cc2nccc(N3CCC(COP(=O)(O)O)CC3)c2cc1OC. The van der Waals surface area contributed by atoms with Crippen molar-refractivity contribution >= 4 is 24.4 Å². The maximum Gasteiger partial charge on any atom is 0.469 e. The molecule has 1 aromatic heterocycles. The summed E-state index contributed by atoms with van der Waals surface area (Å²) in [5, 5.41) is 0.982. The molecule has 0 atom stereocenters. The molecule has 0 aliphatic carbocycles. The first-order chi connectivity index (χ1) is 12.4. The van der Waals surface area contributed by atoms with Crippen LogP contribution in [0.5, 0.6) is 11.5 Å². The van der Waals surface area contributed by atoms with Crippen LogP contribution in [0.3, 0.4) is 0 Å². The maximum absolute atomic E-state index is 10.9. The number of hydrogen-bond donors (Lipinski definition) is 2. The standard InChI is InChI=1S/C17H23N2O6P/c1-23-16-9-13-14(10-17(16)24-2)18-6-3-15(13)19-7-4-12(5-8-19)11-25-26(20,21)22/h3,6,9-10,12H,4-5,7-8,11H2,1-2H3,(H2,20,21,22). The highest BCUT2D eigenvalue weighted by atomic mass is 31.2. The second-order valence-corrected chi connectivity index (χ2v) is 7.51. The third-order valence-electron chi connectivity index (χ3n) is 4.66. The first kappa shape index (κ1) is 18.9. The molecular weight excluding hydrogens is 359 g/mol. The van der Waals surface area contributed by atoms with Crippen molar-refractivity contribution in [3.8, 4) is 11.5 Å². The summed E-state index contributed by atoms with van der Waals surface area (Å²) in [5.41, 5.74) is 1.89. The Morgan fingerprint density at radius 1 is 1.19 bits per heavy atom. The van der Waals surface area contributed by atoms with E-state index in [0.717, 1.165) is 42.5 Å². The van der Waals surface area contributed by atoms with Crippen molar-refractivity contribution in [3.05, 3.63) is 24.4 Å². The third-order valence-corrected chi connectivity index (χ3v) is 5.14. The number of anilines is 1. The van der Waals surface area contributed by atoms with Crippen LogP contribution in [-0.4, -0.2) is 48.7 Å². The molecule has 1 saturated heterocycles. The molecule has 0 amide bonds. The van der Waals surface area contributed by atoms with E-state index in [2.05, 4.69) is 14.4 Å². The highest BCUT2D eigenvalue weighted by Crippen LogP contribution is 2.39. The number of hydrogen-bond acceptors (Lipinski definition) is 6. The van der Waals surface area contributed by atoms with E-state index in [4.69, 9.17) is 19.3 Å². The zero-order chi connectivity index (χ0) is 18.7. The average Bonchev–Trinajstić information content (AvgIpc) is 2.64. The van der Waals surface area contributed by atoms with Crippen LogP contribution >= 0.6 is 7.82 Å². The summed E-state index contributed by atoms with van der Waals surface area (Å²) >= 11 is 0. The zero-order valence-corrected chi connectivity index (χ0v) is 15.7. The molecule has 0 saturated carbocycles. The molecule has 0 unspecified atom stereocenters. The summed E-state index contributed by atoms with van der Waals surface area (Å²) in [6.45, 7) is 1.64. The number of rotatable bonds is 6. The van der Waals surface area contributed by atoms with Gasteiger partial charge in [-0.05, 0) is 30.9 Å². The molecule has 0 spiro atoms. The van der Waals surface area contributed by atoms with Gasteiger partial charge >= 0.3 is 7.82 Å². The molecular formula is C17H23N2O6P. The van der Waals surface area contributed by atoms with Crippen molar-refractivity contribution in [1.29, 1.82) is 0 Å². The van der Waals surface area contributed by atoms with Crippen LogP contribution in [0.15, 0.2) is 24.4 Å². The van der Waals surface area contributed by atoms with Crippen molar-refractivity contribution in [3.63, 3.8) is 0 Å². The second kappa shape index (κ2) is 7.80. The van der Waals surface area contributed by atoms with Gasteiger partial charge in [0.05, 0.1) is 26.3 Å². The van der Waals surface area contributed by atoms with Crippen LogP contribution < -0.4 is 14.4 Å². The predicted molar refractivity (Wildman–Crippen MR) is 97.8 cm³/mol. The summed E-state index contributed by atoms with van der Waals surface area (Å²) in [5.74, 6) is 1.43. The fourth-order valence-electron chi connectivity index (χ4n) is 3.28. The molecule has 8 nitrogen and oxygen atoms in total. The molecule has 2 aromatic rings. The minimum absolute atomic E-state index is 0.0836. The number of methoxy groups -OCH3 is 2. The van der Waals surface area contributed by atoms with E-state index in [1.54, 1.807) is 20.4 Å². The van der Waals surface area contributed by atoms with E-state index in [1.165, 1.54) is 0 Å². The van der Waals surface area contributed by atoms with Crippen molar-refractivity contribution in [2.45, 2.75) is 12.8 Å². The van der Waals surface area contributed by atoms with Gasteiger partial charge in [0.1, 0.15) is 0 Å². The quantitative estimate of drug-likeness (QED) is 0.735. The van der Waals surface area contributed by atoms with E-state index in [-0.39, 0.29) is 12.5 Å². The third kappa shape index (κ3) is 4.27. The molecule has 1 fully saturated rings. The van der Waals surface area contributed by atoms with Crippen LogP contribution in [-0.2, 0) is 9.09 Å². The molecule has 142 valence electrons. The van der Waals surface area contributed by atoms with E-state index < -0.39 is 7.82 Å². The first-order valence-corrected chi connectivity index (χ1v) is 9.90. The van der Waals surface area contributed by atoms with Gasteiger partial charge in [0.15, 0.2) is 11.5 Å². The van der Waals surface area contributed by atoms with E-state index in [1.807, 2.05) is 18.2 Å².